The third kappa shape index (κ3) is 5.15. The van der Waals surface area contributed by atoms with Crippen molar-refractivity contribution in [1.29, 1.82) is 0 Å². The highest BCUT2D eigenvalue weighted by atomic mass is 19.1. The first-order valence-electron chi connectivity index (χ1n) is 5.82. The van der Waals surface area contributed by atoms with Gasteiger partial charge in [-0.05, 0) is 25.1 Å². The largest absolute Gasteiger partial charge is 0.383 e. The van der Waals surface area contributed by atoms with Crippen LogP contribution in [-0.4, -0.2) is 39.9 Å². The van der Waals surface area contributed by atoms with Gasteiger partial charge in [-0.25, -0.2) is 4.39 Å². The number of anilines is 1. The van der Waals surface area contributed by atoms with Gasteiger partial charge in [0, 0.05) is 39.0 Å². The number of methoxy groups -OCH3 is 1. The number of rotatable bonds is 7. The van der Waals surface area contributed by atoms with Crippen molar-refractivity contribution < 1.29 is 9.13 Å². The van der Waals surface area contributed by atoms with Crippen molar-refractivity contribution >= 4 is 5.69 Å². The first kappa shape index (κ1) is 13.9. The molecular weight excluding hydrogens is 219 g/mol. The van der Waals surface area contributed by atoms with Crippen LogP contribution in [0.25, 0.3) is 0 Å². The van der Waals surface area contributed by atoms with Gasteiger partial charge in [-0.15, -0.1) is 0 Å². The van der Waals surface area contributed by atoms with Gasteiger partial charge >= 0.3 is 0 Å². The molecule has 1 atom stereocenters. The fourth-order valence-corrected chi connectivity index (χ4v) is 1.63. The molecule has 0 bridgehead atoms. The molecule has 4 heteroatoms. The average Bonchev–Trinajstić information content (AvgIpc) is 2.29. The van der Waals surface area contributed by atoms with Crippen molar-refractivity contribution in [3.63, 3.8) is 0 Å². The maximum absolute atomic E-state index is 13.0. The molecule has 0 spiro atoms. The van der Waals surface area contributed by atoms with Gasteiger partial charge in [-0.3, -0.25) is 0 Å². The van der Waals surface area contributed by atoms with E-state index in [1.54, 1.807) is 19.2 Å². The lowest BCUT2D eigenvalue weighted by Crippen LogP contribution is -2.36. The van der Waals surface area contributed by atoms with Crippen LogP contribution in [0.4, 0.5) is 10.1 Å². The van der Waals surface area contributed by atoms with Crippen molar-refractivity contribution in [2.24, 2.45) is 0 Å². The molecular formula is C13H21FN2O. The number of nitrogens with one attached hydrogen (secondary N) is 1. The Hall–Kier alpha value is -1.13. The molecule has 0 fully saturated rings. The van der Waals surface area contributed by atoms with E-state index in [9.17, 15) is 4.39 Å². The summed E-state index contributed by atoms with van der Waals surface area (Å²) in [6, 6.07) is 6.96. The first-order chi connectivity index (χ1) is 8.13. The molecule has 0 aliphatic heterocycles. The molecule has 1 aromatic carbocycles. The summed E-state index contributed by atoms with van der Waals surface area (Å²) < 4.78 is 18.1. The summed E-state index contributed by atoms with van der Waals surface area (Å²) in [4.78, 5) is 2.02. The number of nitrogens with zero attached hydrogens (tertiary/aromatic N) is 1. The topological polar surface area (TPSA) is 24.5 Å². The second-order valence-corrected chi connectivity index (χ2v) is 4.21. The van der Waals surface area contributed by atoms with Gasteiger partial charge in [-0.2, -0.15) is 0 Å². The molecule has 3 nitrogen and oxygen atoms in total. The molecule has 0 amide bonds. The van der Waals surface area contributed by atoms with E-state index in [2.05, 4.69) is 12.2 Å². The van der Waals surface area contributed by atoms with E-state index in [1.165, 1.54) is 6.07 Å². The Morgan fingerprint density at radius 1 is 1.47 bits per heavy atom. The van der Waals surface area contributed by atoms with Crippen LogP contribution < -0.4 is 10.2 Å². The van der Waals surface area contributed by atoms with E-state index in [0.717, 1.165) is 18.8 Å². The van der Waals surface area contributed by atoms with Gasteiger partial charge in [0.1, 0.15) is 5.82 Å². The number of likely N-dealkylation sites (N-methyl/N-ethyl adjacent to an activating group) is 1. The predicted octanol–water partition coefficient (Wildman–Crippen LogP) is 1.89. The Balaban J connectivity index is 2.32. The van der Waals surface area contributed by atoms with E-state index < -0.39 is 0 Å². The Kier molecular flexibility index (Phi) is 5.94. The maximum atomic E-state index is 13.0. The molecule has 0 aromatic heterocycles. The lowest BCUT2D eigenvalue weighted by Gasteiger charge is -2.21. The fraction of sp³-hybridized carbons (Fsp3) is 0.538. The summed E-state index contributed by atoms with van der Waals surface area (Å²) in [6.07, 6.45) is 0. The number of benzene rings is 1. The SMILES string of the molecule is COCC(C)NCCN(C)c1cccc(F)c1. The lowest BCUT2D eigenvalue weighted by atomic mass is 10.3. The monoisotopic (exact) mass is 240 g/mol. The Bertz CT molecular complexity index is 333. The zero-order valence-electron chi connectivity index (χ0n) is 10.7. The summed E-state index contributed by atoms with van der Waals surface area (Å²) in [7, 11) is 3.65. The number of hydrogen-bond donors (Lipinski definition) is 1. The van der Waals surface area contributed by atoms with Crippen molar-refractivity contribution in [3.8, 4) is 0 Å². The molecule has 1 aromatic rings. The standard InChI is InChI=1S/C13H21FN2O/c1-11(10-17-3)15-7-8-16(2)13-6-4-5-12(14)9-13/h4-6,9,11,15H,7-8,10H2,1-3H3. The van der Waals surface area contributed by atoms with Crippen LogP contribution in [0.2, 0.25) is 0 Å². The molecule has 1 rings (SSSR count). The van der Waals surface area contributed by atoms with Crippen LogP contribution in [0.15, 0.2) is 24.3 Å². The zero-order chi connectivity index (χ0) is 12.7. The molecule has 0 heterocycles. The molecule has 0 saturated carbocycles. The summed E-state index contributed by atoms with van der Waals surface area (Å²) in [5.41, 5.74) is 0.895. The smallest absolute Gasteiger partial charge is 0.125 e. The van der Waals surface area contributed by atoms with Gasteiger partial charge in [0.25, 0.3) is 0 Å². The molecule has 17 heavy (non-hydrogen) atoms. The van der Waals surface area contributed by atoms with Crippen molar-refractivity contribution in [2.45, 2.75) is 13.0 Å². The van der Waals surface area contributed by atoms with Crippen LogP contribution in [-0.2, 0) is 4.74 Å². The second kappa shape index (κ2) is 7.25. The van der Waals surface area contributed by atoms with Crippen molar-refractivity contribution in [2.75, 3.05) is 38.8 Å². The van der Waals surface area contributed by atoms with Gasteiger partial charge in [0.05, 0.1) is 6.61 Å². The molecule has 0 aliphatic carbocycles. The van der Waals surface area contributed by atoms with Gasteiger partial charge in [0.2, 0.25) is 0 Å². The highest BCUT2D eigenvalue weighted by Gasteiger charge is 2.03. The summed E-state index contributed by atoms with van der Waals surface area (Å²) in [5.74, 6) is -0.199. The minimum absolute atomic E-state index is 0.199. The second-order valence-electron chi connectivity index (χ2n) is 4.21. The molecule has 0 aliphatic rings. The van der Waals surface area contributed by atoms with Crippen LogP contribution in [0, 0.1) is 5.82 Å². The van der Waals surface area contributed by atoms with Crippen molar-refractivity contribution in [3.05, 3.63) is 30.1 Å². The maximum Gasteiger partial charge on any atom is 0.125 e. The normalized spacial score (nSPS) is 12.5. The van der Waals surface area contributed by atoms with Crippen LogP contribution in [0.5, 0.6) is 0 Å². The Morgan fingerprint density at radius 2 is 2.24 bits per heavy atom. The number of halogens is 1. The zero-order valence-corrected chi connectivity index (χ0v) is 10.7. The minimum atomic E-state index is -0.199. The first-order valence-corrected chi connectivity index (χ1v) is 5.82. The van der Waals surface area contributed by atoms with Crippen LogP contribution in [0.1, 0.15) is 6.92 Å². The number of ether oxygens (including phenoxy) is 1. The van der Waals surface area contributed by atoms with E-state index in [0.29, 0.717) is 12.6 Å². The summed E-state index contributed by atoms with van der Waals surface area (Å²) >= 11 is 0. The fourth-order valence-electron chi connectivity index (χ4n) is 1.63. The molecule has 96 valence electrons. The number of hydrogen-bond acceptors (Lipinski definition) is 3. The van der Waals surface area contributed by atoms with Crippen LogP contribution >= 0.6 is 0 Å². The molecule has 1 N–H and O–H groups in total. The highest BCUT2D eigenvalue weighted by molar-refractivity contribution is 5.45. The van der Waals surface area contributed by atoms with Crippen LogP contribution in [0.3, 0.4) is 0 Å². The van der Waals surface area contributed by atoms with Gasteiger partial charge < -0.3 is 15.0 Å². The molecule has 0 saturated heterocycles. The average molecular weight is 240 g/mol. The van der Waals surface area contributed by atoms with E-state index >= 15 is 0 Å². The Morgan fingerprint density at radius 3 is 2.88 bits per heavy atom. The van der Waals surface area contributed by atoms with Gasteiger partial charge in [-0.1, -0.05) is 6.07 Å². The summed E-state index contributed by atoms with van der Waals surface area (Å²) in [5, 5.41) is 3.34. The van der Waals surface area contributed by atoms with Gasteiger partial charge in [0.15, 0.2) is 0 Å². The quantitative estimate of drug-likeness (QED) is 0.787. The van der Waals surface area contributed by atoms with E-state index in [-0.39, 0.29) is 5.82 Å². The minimum Gasteiger partial charge on any atom is -0.383 e. The third-order valence-corrected chi connectivity index (χ3v) is 2.61. The summed E-state index contributed by atoms with van der Waals surface area (Å²) in [6.45, 7) is 4.45. The third-order valence-electron chi connectivity index (χ3n) is 2.61. The molecule has 0 radical (unpaired) electrons. The lowest BCUT2D eigenvalue weighted by molar-refractivity contribution is 0.173. The van der Waals surface area contributed by atoms with E-state index in [1.807, 2.05) is 18.0 Å². The highest BCUT2D eigenvalue weighted by Crippen LogP contribution is 2.12. The van der Waals surface area contributed by atoms with Crippen molar-refractivity contribution in [1.82, 2.24) is 5.32 Å². The van der Waals surface area contributed by atoms with E-state index in [4.69, 9.17) is 4.74 Å². The Labute approximate surface area is 103 Å². The molecule has 1 unspecified atom stereocenters. The predicted molar refractivity (Wildman–Crippen MR) is 69.0 cm³/mol.